The summed E-state index contributed by atoms with van der Waals surface area (Å²) in [5, 5.41) is 2.85. The van der Waals surface area contributed by atoms with E-state index in [0.29, 0.717) is 39.1 Å². The van der Waals surface area contributed by atoms with E-state index in [0.717, 1.165) is 11.3 Å². The van der Waals surface area contributed by atoms with Crippen LogP contribution >= 0.6 is 0 Å². The van der Waals surface area contributed by atoms with Gasteiger partial charge in [-0.2, -0.15) is 0 Å². The predicted molar refractivity (Wildman–Crippen MR) is 103 cm³/mol. The first-order valence-electron chi connectivity index (χ1n) is 9.48. The molecule has 2 fully saturated rings. The lowest BCUT2D eigenvalue weighted by Gasteiger charge is -2.37. The number of pyridine rings is 1. The highest BCUT2D eigenvalue weighted by molar-refractivity contribution is 6.04. The van der Waals surface area contributed by atoms with E-state index in [1.165, 1.54) is 0 Å². The van der Waals surface area contributed by atoms with Crippen molar-refractivity contribution in [3.8, 4) is 0 Å². The number of aryl methyl sites for hydroxylation is 1. The average Bonchev–Trinajstić information content (AvgIpc) is 3.18. The molecule has 4 rings (SSSR count). The molecule has 1 N–H and O–H groups in total. The molecular weight excluding hydrogens is 358 g/mol. The molecule has 0 aliphatic carbocycles. The summed E-state index contributed by atoms with van der Waals surface area (Å²) in [4.78, 5) is 31.4. The molecule has 1 spiro atoms. The van der Waals surface area contributed by atoms with Gasteiger partial charge in [-0.15, -0.1) is 0 Å². The first-order valence-corrected chi connectivity index (χ1v) is 9.48. The van der Waals surface area contributed by atoms with Crippen molar-refractivity contribution in [2.75, 3.05) is 31.6 Å². The Kier molecular flexibility index (Phi) is 5.11. The zero-order valence-electron chi connectivity index (χ0n) is 15.8. The molecule has 2 aliphatic heterocycles. The second-order valence-corrected chi connectivity index (χ2v) is 7.08. The summed E-state index contributed by atoms with van der Waals surface area (Å²) in [6.45, 7) is 4.21. The summed E-state index contributed by atoms with van der Waals surface area (Å²) in [6.07, 6.45) is 1.29. The topological polar surface area (TPSA) is 80.8 Å². The first-order chi connectivity index (χ1) is 13.6. The highest BCUT2D eigenvalue weighted by Crippen LogP contribution is 2.31. The number of aromatic nitrogens is 1. The molecule has 1 aromatic heterocycles. The number of anilines is 1. The summed E-state index contributed by atoms with van der Waals surface area (Å²) < 4.78 is 11.4. The number of hydrogen-bond donors (Lipinski definition) is 1. The van der Waals surface area contributed by atoms with Crippen molar-refractivity contribution in [3.05, 3.63) is 59.4 Å². The molecule has 0 radical (unpaired) electrons. The fourth-order valence-corrected chi connectivity index (χ4v) is 3.58. The minimum atomic E-state index is -0.528. The number of amides is 2. The third-order valence-corrected chi connectivity index (χ3v) is 5.22. The van der Waals surface area contributed by atoms with Crippen LogP contribution in [0.3, 0.4) is 0 Å². The van der Waals surface area contributed by atoms with Crippen LogP contribution in [-0.4, -0.2) is 53.8 Å². The Morgan fingerprint density at radius 1 is 1.00 bits per heavy atom. The SMILES string of the molecule is Cc1ccccc1NC(=O)c1cccc(C(=O)N2CCC3(CC2)OCCO3)n1. The number of nitrogens with zero attached hydrogens (tertiary/aromatic N) is 2. The summed E-state index contributed by atoms with van der Waals surface area (Å²) >= 11 is 0. The number of carbonyl (C=O) groups excluding carboxylic acids is 2. The van der Waals surface area contributed by atoms with Crippen LogP contribution in [-0.2, 0) is 9.47 Å². The van der Waals surface area contributed by atoms with Crippen LogP contribution in [0.25, 0.3) is 0 Å². The zero-order valence-corrected chi connectivity index (χ0v) is 15.8. The lowest BCUT2D eigenvalue weighted by atomic mass is 10.0. The van der Waals surface area contributed by atoms with Crippen LogP contribution in [0.5, 0.6) is 0 Å². The van der Waals surface area contributed by atoms with Gasteiger partial charge in [0.2, 0.25) is 0 Å². The molecule has 2 aromatic rings. The zero-order chi connectivity index (χ0) is 19.6. The van der Waals surface area contributed by atoms with Gasteiger partial charge in [-0.3, -0.25) is 9.59 Å². The van der Waals surface area contributed by atoms with Gasteiger partial charge in [0, 0.05) is 31.6 Å². The number of para-hydroxylation sites is 1. The number of carbonyl (C=O) groups is 2. The fraction of sp³-hybridized carbons (Fsp3) is 0.381. The predicted octanol–water partition coefficient (Wildman–Crippen LogP) is 2.62. The Morgan fingerprint density at radius 2 is 1.68 bits per heavy atom. The molecule has 1 aromatic carbocycles. The van der Waals surface area contributed by atoms with Crippen LogP contribution in [0, 0.1) is 6.92 Å². The largest absolute Gasteiger partial charge is 0.347 e. The standard InChI is InChI=1S/C21H23N3O4/c1-15-5-2-3-6-16(15)23-19(25)17-7-4-8-18(22-17)20(26)24-11-9-21(10-12-24)27-13-14-28-21/h2-8H,9-14H2,1H3,(H,23,25). The Labute approximate surface area is 163 Å². The molecule has 3 heterocycles. The number of likely N-dealkylation sites (tertiary alicyclic amines) is 1. The smallest absolute Gasteiger partial charge is 0.274 e. The molecular formula is C21H23N3O4. The van der Waals surface area contributed by atoms with Gasteiger partial charge in [0.05, 0.1) is 13.2 Å². The van der Waals surface area contributed by atoms with Crippen molar-refractivity contribution < 1.29 is 19.1 Å². The minimum Gasteiger partial charge on any atom is -0.347 e. The van der Waals surface area contributed by atoms with Gasteiger partial charge in [-0.05, 0) is 30.7 Å². The molecule has 2 saturated heterocycles. The van der Waals surface area contributed by atoms with E-state index in [4.69, 9.17) is 9.47 Å². The van der Waals surface area contributed by atoms with E-state index >= 15 is 0 Å². The number of benzene rings is 1. The third kappa shape index (κ3) is 3.76. The Hall–Kier alpha value is -2.77. The number of ether oxygens (including phenoxy) is 2. The number of piperidine rings is 1. The minimum absolute atomic E-state index is 0.182. The molecule has 0 unspecified atom stereocenters. The fourth-order valence-electron chi connectivity index (χ4n) is 3.58. The van der Waals surface area contributed by atoms with E-state index in [9.17, 15) is 9.59 Å². The average molecular weight is 381 g/mol. The van der Waals surface area contributed by atoms with Gasteiger partial charge in [0.15, 0.2) is 5.79 Å². The molecule has 7 heteroatoms. The van der Waals surface area contributed by atoms with Gasteiger partial charge in [-0.1, -0.05) is 24.3 Å². The Morgan fingerprint density at radius 3 is 2.39 bits per heavy atom. The maximum atomic E-state index is 12.8. The van der Waals surface area contributed by atoms with E-state index in [1.54, 1.807) is 23.1 Å². The van der Waals surface area contributed by atoms with Gasteiger partial charge in [0.1, 0.15) is 11.4 Å². The van der Waals surface area contributed by atoms with Gasteiger partial charge >= 0.3 is 0 Å². The molecule has 7 nitrogen and oxygen atoms in total. The summed E-state index contributed by atoms with van der Waals surface area (Å²) in [7, 11) is 0. The molecule has 0 atom stereocenters. The molecule has 0 bridgehead atoms. The van der Waals surface area contributed by atoms with Crippen LogP contribution in [0.1, 0.15) is 39.4 Å². The molecule has 0 saturated carbocycles. The van der Waals surface area contributed by atoms with E-state index in [2.05, 4.69) is 10.3 Å². The molecule has 2 amide bonds. The number of nitrogens with one attached hydrogen (secondary N) is 1. The van der Waals surface area contributed by atoms with Crippen LogP contribution in [0.2, 0.25) is 0 Å². The van der Waals surface area contributed by atoms with Crippen molar-refractivity contribution in [2.45, 2.75) is 25.6 Å². The van der Waals surface area contributed by atoms with E-state index in [-0.39, 0.29) is 23.2 Å². The normalized spacial score (nSPS) is 18.2. The van der Waals surface area contributed by atoms with E-state index < -0.39 is 5.79 Å². The summed E-state index contributed by atoms with van der Waals surface area (Å²) in [6, 6.07) is 12.4. The van der Waals surface area contributed by atoms with Crippen LogP contribution in [0.4, 0.5) is 5.69 Å². The van der Waals surface area contributed by atoms with Crippen molar-refractivity contribution in [3.63, 3.8) is 0 Å². The number of hydrogen-bond acceptors (Lipinski definition) is 5. The molecule has 2 aliphatic rings. The van der Waals surface area contributed by atoms with Crippen molar-refractivity contribution in [1.29, 1.82) is 0 Å². The maximum Gasteiger partial charge on any atom is 0.274 e. The van der Waals surface area contributed by atoms with Crippen LogP contribution in [0.15, 0.2) is 42.5 Å². The second-order valence-electron chi connectivity index (χ2n) is 7.08. The van der Waals surface area contributed by atoms with Gasteiger partial charge in [-0.25, -0.2) is 4.98 Å². The maximum absolute atomic E-state index is 12.8. The molecule has 146 valence electrons. The van der Waals surface area contributed by atoms with E-state index in [1.807, 2.05) is 31.2 Å². The number of rotatable bonds is 3. The summed E-state index contributed by atoms with van der Waals surface area (Å²) in [5.41, 5.74) is 2.16. The first kappa shape index (κ1) is 18.6. The van der Waals surface area contributed by atoms with Crippen LogP contribution < -0.4 is 5.32 Å². The quantitative estimate of drug-likeness (QED) is 0.884. The van der Waals surface area contributed by atoms with Gasteiger partial charge in [0.25, 0.3) is 11.8 Å². The lowest BCUT2D eigenvalue weighted by Crippen LogP contribution is -2.47. The highest BCUT2D eigenvalue weighted by Gasteiger charge is 2.41. The van der Waals surface area contributed by atoms with Crippen molar-refractivity contribution >= 4 is 17.5 Å². The Balaban J connectivity index is 1.44. The van der Waals surface area contributed by atoms with Crippen molar-refractivity contribution in [1.82, 2.24) is 9.88 Å². The summed E-state index contributed by atoms with van der Waals surface area (Å²) in [5.74, 6) is -1.05. The van der Waals surface area contributed by atoms with Crippen molar-refractivity contribution in [2.24, 2.45) is 0 Å². The second kappa shape index (κ2) is 7.69. The Bertz CT molecular complexity index is 883. The monoisotopic (exact) mass is 381 g/mol. The lowest BCUT2D eigenvalue weighted by molar-refractivity contribution is -0.181. The van der Waals surface area contributed by atoms with Gasteiger partial charge < -0.3 is 19.7 Å². The molecule has 28 heavy (non-hydrogen) atoms. The highest BCUT2D eigenvalue weighted by atomic mass is 16.7. The third-order valence-electron chi connectivity index (χ3n) is 5.22.